The van der Waals surface area contributed by atoms with Crippen LogP contribution in [0.2, 0.25) is 0 Å². The van der Waals surface area contributed by atoms with E-state index in [1.807, 2.05) is 31.2 Å². The zero-order valence-electron chi connectivity index (χ0n) is 17.0. The van der Waals surface area contributed by atoms with Crippen LogP contribution in [0.5, 0.6) is 0 Å². The Bertz CT molecular complexity index is 931. The highest BCUT2D eigenvalue weighted by atomic mass is 32.2. The van der Waals surface area contributed by atoms with Crippen LogP contribution in [0.1, 0.15) is 36.9 Å². The summed E-state index contributed by atoms with van der Waals surface area (Å²) in [6.45, 7) is 4.54. The lowest BCUT2D eigenvalue weighted by Gasteiger charge is -2.32. The van der Waals surface area contributed by atoms with Crippen LogP contribution in [0, 0.1) is 5.92 Å². The first kappa shape index (κ1) is 21.3. The number of carbonyl (C=O) groups excluding carboxylic acids is 1. The molecule has 0 bridgehead atoms. The fraction of sp³-hybridized carbons (Fsp3) is 0.409. The highest BCUT2D eigenvalue weighted by molar-refractivity contribution is 7.92. The fourth-order valence-corrected chi connectivity index (χ4v) is 4.31. The zero-order chi connectivity index (χ0) is 20.9. The van der Waals surface area contributed by atoms with Crippen LogP contribution in [0.4, 0.5) is 5.69 Å². The Morgan fingerprint density at radius 3 is 2.66 bits per heavy atom. The highest BCUT2D eigenvalue weighted by Gasteiger charge is 2.26. The smallest absolute Gasteiger partial charge is 0.229 e. The molecule has 1 heterocycles. The predicted octanol–water partition coefficient (Wildman–Crippen LogP) is 3.15. The molecule has 1 aliphatic rings. The molecular formula is C22H29N3O3S. The Morgan fingerprint density at radius 2 is 1.93 bits per heavy atom. The van der Waals surface area contributed by atoms with Gasteiger partial charge in [0.15, 0.2) is 0 Å². The van der Waals surface area contributed by atoms with E-state index in [2.05, 4.69) is 27.1 Å². The van der Waals surface area contributed by atoms with Crippen LogP contribution in [-0.4, -0.2) is 38.6 Å². The van der Waals surface area contributed by atoms with Crippen molar-refractivity contribution in [2.75, 3.05) is 24.1 Å². The second-order valence-corrected chi connectivity index (χ2v) is 9.54. The third kappa shape index (κ3) is 6.58. The largest absolute Gasteiger partial charge is 0.349 e. The number of hydrogen-bond acceptors (Lipinski definition) is 4. The molecule has 1 fully saturated rings. The summed E-state index contributed by atoms with van der Waals surface area (Å²) in [7, 11) is -3.33. The third-order valence-corrected chi connectivity index (χ3v) is 5.78. The van der Waals surface area contributed by atoms with Gasteiger partial charge in [-0.05, 0) is 49.6 Å². The molecule has 6 nitrogen and oxygen atoms in total. The maximum Gasteiger partial charge on any atom is 0.229 e. The van der Waals surface area contributed by atoms with Crippen molar-refractivity contribution in [3.8, 4) is 0 Å². The van der Waals surface area contributed by atoms with Crippen molar-refractivity contribution in [1.82, 2.24) is 10.2 Å². The number of amides is 1. The summed E-state index contributed by atoms with van der Waals surface area (Å²) in [5.74, 6) is 0.0176. The Balaban J connectivity index is 1.58. The van der Waals surface area contributed by atoms with Gasteiger partial charge < -0.3 is 5.32 Å². The van der Waals surface area contributed by atoms with Gasteiger partial charge in [-0.1, -0.05) is 42.5 Å². The van der Waals surface area contributed by atoms with E-state index in [9.17, 15) is 13.2 Å². The fourth-order valence-electron chi connectivity index (χ4n) is 3.75. The summed E-state index contributed by atoms with van der Waals surface area (Å²) in [4.78, 5) is 15.2. The second-order valence-electron chi connectivity index (χ2n) is 7.79. The van der Waals surface area contributed by atoms with E-state index >= 15 is 0 Å². The summed E-state index contributed by atoms with van der Waals surface area (Å²) < 4.78 is 25.4. The number of nitrogens with zero attached hydrogens (tertiary/aromatic N) is 1. The van der Waals surface area contributed by atoms with Gasteiger partial charge in [-0.3, -0.25) is 14.4 Å². The zero-order valence-corrected chi connectivity index (χ0v) is 17.8. The molecule has 1 aliphatic heterocycles. The standard InChI is InChI=1S/C22H29N3O3S/c1-17(19-10-6-12-21(14-19)24-29(2,27)28)23-22(26)20-11-7-13-25(16-20)15-18-8-4-3-5-9-18/h3-6,8-10,12,14,17,20,24H,7,11,13,15-16H2,1-2H3,(H,23,26). The SMILES string of the molecule is CC(NC(=O)C1CCCN(Cc2ccccc2)C1)c1cccc(NS(C)(=O)=O)c1. The van der Waals surface area contributed by atoms with E-state index < -0.39 is 10.0 Å². The molecule has 1 saturated heterocycles. The Labute approximate surface area is 173 Å². The number of piperidine rings is 1. The van der Waals surface area contributed by atoms with Gasteiger partial charge in [0.1, 0.15) is 0 Å². The van der Waals surface area contributed by atoms with Crippen molar-refractivity contribution in [3.63, 3.8) is 0 Å². The van der Waals surface area contributed by atoms with Crippen LogP contribution in [0.25, 0.3) is 0 Å². The molecule has 2 atom stereocenters. The van der Waals surface area contributed by atoms with Gasteiger partial charge in [0.25, 0.3) is 0 Å². The lowest BCUT2D eigenvalue weighted by molar-refractivity contribution is -0.127. The summed E-state index contributed by atoms with van der Waals surface area (Å²) in [5, 5.41) is 3.10. The number of hydrogen-bond donors (Lipinski definition) is 2. The number of nitrogens with one attached hydrogen (secondary N) is 2. The van der Waals surface area contributed by atoms with Gasteiger partial charge in [-0.2, -0.15) is 0 Å². The van der Waals surface area contributed by atoms with Crippen LogP contribution in [0.3, 0.4) is 0 Å². The number of sulfonamides is 1. The normalized spacial score (nSPS) is 18.8. The van der Waals surface area contributed by atoms with Gasteiger partial charge in [-0.15, -0.1) is 0 Å². The summed E-state index contributed by atoms with van der Waals surface area (Å²) in [5.41, 5.74) is 2.62. The van der Waals surface area contributed by atoms with E-state index in [0.717, 1.165) is 44.3 Å². The average Bonchev–Trinajstić information content (AvgIpc) is 2.68. The highest BCUT2D eigenvalue weighted by Crippen LogP contribution is 2.22. The van der Waals surface area contributed by atoms with Gasteiger partial charge >= 0.3 is 0 Å². The van der Waals surface area contributed by atoms with Gasteiger partial charge in [-0.25, -0.2) is 8.42 Å². The first-order chi connectivity index (χ1) is 13.8. The van der Waals surface area contributed by atoms with Crippen LogP contribution in [-0.2, 0) is 21.4 Å². The molecule has 0 spiro atoms. The summed E-state index contributed by atoms with van der Waals surface area (Å²) in [6.07, 6.45) is 3.02. The van der Waals surface area contributed by atoms with Gasteiger partial charge in [0, 0.05) is 18.8 Å². The number of benzene rings is 2. The second kappa shape index (κ2) is 9.41. The molecule has 29 heavy (non-hydrogen) atoms. The van der Waals surface area contributed by atoms with Crippen molar-refractivity contribution in [2.45, 2.75) is 32.4 Å². The van der Waals surface area contributed by atoms with Crippen molar-refractivity contribution in [1.29, 1.82) is 0 Å². The van der Waals surface area contributed by atoms with Crippen molar-refractivity contribution < 1.29 is 13.2 Å². The van der Waals surface area contributed by atoms with E-state index in [1.165, 1.54) is 5.56 Å². The molecule has 2 aromatic rings. The number of likely N-dealkylation sites (tertiary alicyclic amines) is 1. The Morgan fingerprint density at radius 1 is 1.17 bits per heavy atom. The van der Waals surface area contributed by atoms with Crippen LogP contribution in [0.15, 0.2) is 54.6 Å². The average molecular weight is 416 g/mol. The minimum absolute atomic E-state index is 0.0350. The maximum atomic E-state index is 12.8. The lowest BCUT2D eigenvalue weighted by Crippen LogP contribution is -2.43. The van der Waals surface area contributed by atoms with Crippen molar-refractivity contribution in [3.05, 3.63) is 65.7 Å². The molecule has 0 radical (unpaired) electrons. The molecule has 3 rings (SSSR count). The van der Waals surface area contributed by atoms with Gasteiger partial charge in [0.2, 0.25) is 15.9 Å². The lowest BCUT2D eigenvalue weighted by atomic mass is 9.96. The Hall–Kier alpha value is -2.38. The molecule has 0 saturated carbocycles. The van der Waals surface area contributed by atoms with E-state index in [-0.39, 0.29) is 17.9 Å². The van der Waals surface area contributed by atoms with E-state index in [4.69, 9.17) is 0 Å². The number of anilines is 1. The van der Waals surface area contributed by atoms with Gasteiger partial charge in [0.05, 0.1) is 18.2 Å². The monoisotopic (exact) mass is 415 g/mol. The first-order valence-electron chi connectivity index (χ1n) is 9.94. The quantitative estimate of drug-likeness (QED) is 0.728. The van der Waals surface area contributed by atoms with Crippen molar-refractivity contribution in [2.24, 2.45) is 5.92 Å². The number of carbonyl (C=O) groups is 1. The predicted molar refractivity (Wildman–Crippen MR) is 116 cm³/mol. The first-order valence-corrected chi connectivity index (χ1v) is 11.8. The maximum absolute atomic E-state index is 12.8. The van der Waals surface area contributed by atoms with E-state index in [0.29, 0.717) is 5.69 Å². The number of rotatable bonds is 7. The minimum Gasteiger partial charge on any atom is -0.349 e. The van der Waals surface area contributed by atoms with Crippen LogP contribution < -0.4 is 10.0 Å². The summed E-state index contributed by atoms with van der Waals surface area (Å²) in [6, 6.07) is 17.2. The molecule has 1 amide bonds. The van der Waals surface area contributed by atoms with Crippen molar-refractivity contribution >= 4 is 21.6 Å². The molecule has 2 N–H and O–H groups in total. The summed E-state index contributed by atoms with van der Waals surface area (Å²) >= 11 is 0. The topological polar surface area (TPSA) is 78.5 Å². The third-order valence-electron chi connectivity index (χ3n) is 5.17. The molecule has 0 aromatic heterocycles. The molecule has 156 valence electrons. The molecular weight excluding hydrogens is 386 g/mol. The minimum atomic E-state index is -3.33. The Kier molecular flexibility index (Phi) is 6.92. The van der Waals surface area contributed by atoms with E-state index in [1.54, 1.807) is 18.2 Å². The molecule has 0 aliphatic carbocycles. The molecule has 7 heteroatoms. The molecule has 2 aromatic carbocycles. The molecule has 2 unspecified atom stereocenters. The van der Waals surface area contributed by atoms with Crippen LogP contribution >= 0.6 is 0 Å².